The van der Waals surface area contributed by atoms with Crippen LogP contribution in [-0.2, 0) is 14.1 Å². The molecule has 0 aromatic carbocycles. The number of aryl methyl sites for hydroxylation is 1. The van der Waals surface area contributed by atoms with E-state index in [2.05, 4.69) is 27.2 Å². The molecule has 0 bridgehead atoms. The molecular formula is C13H20N6O2. The largest absolute Gasteiger partial charge is 0.353 e. The second-order valence-electron chi connectivity index (χ2n) is 5.71. The number of aromatic nitrogens is 4. The van der Waals surface area contributed by atoms with Crippen LogP contribution < -0.4 is 16.6 Å². The molecule has 114 valence electrons. The molecule has 2 aromatic rings. The summed E-state index contributed by atoms with van der Waals surface area (Å²) in [5.41, 5.74) is 0.0235. The average molecular weight is 292 g/mol. The van der Waals surface area contributed by atoms with Crippen molar-refractivity contribution >= 4 is 17.1 Å². The number of piperidine rings is 1. The van der Waals surface area contributed by atoms with Gasteiger partial charge in [0.15, 0.2) is 11.2 Å². The number of H-pyrrole nitrogens is 1. The first-order chi connectivity index (χ1) is 9.97. The Hall–Kier alpha value is -2.09. The highest BCUT2D eigenvalue weighted by atomic mass is 16.2. The summed E-state index contributed by atoms with van der Waals surface area (Å²) >= 11 is 0. The lowest BCUT2D eigenvalue weighted by Crippen LogP contribution is -2.37. The molecule has 2 N–H and O–H groups in total. The third-order valence-electron chi connectivity index (χ3n) is 4.15. The van der Waals surface area contributed by atoms with E-state index < -0.39 is 0 Å². The third-order valence-corrected chi connectivity index (χ3v) is 4.15. The first-order valence-electron chi connectivity index (χ1n) is 7.08. The van der Waals surface area contributed by atoms with E-state index in [1.54, 1.807) is 7.05 Å². The van der Waals surface area contributed by atoms with Crippen molar-refractivity contribution in [3.8, 4) is 0 Å². The number of nitrogens with zero attached hydrogens (tertiary/aromatic N) is 4. The Morgan fingerprint density at radius 3 is 2.48 bits per heavy atom. The number of hydrogen-bond donors (Lipinski definition) is 2. The summed E-state index contributed by atoms with van der Waals surface area (Å²) in [4.78, 5) is 33.6. The van der Waals surface area contributed by atoms with Crippen molar-refractivity contribution in [2.45, 2.75) is 18.9 Å². The van der Waals surface area contributed by atoms with Crippen molar-refractivity contribution in [2.75, 3.05) is 25.5 Å². The van der Waals surface area contributed by atoms with Crippen molar-refractivity contribution in [2.24, 2.45) is 14.1 Å². The fourth-order valence-corrected chi connectivity index (χ4v) is 2.74. The van der Waals surface area contributed by atoms with E-state index in [9.17, 15) is 9.59 Å². The zero-order valence-corrected chi connectivity index (χ0v) is 12.5. The highest BCUT2D eigenvalue weighted by Gasteiger charge is 2.19. The molecule has 0 aliphatic carbocycles. The molecule has 0 radical (unpaired) electrons. The van der Waals surface area contributed by atoms with Gasteiger partial charge in [-0.3, -0.25) is 13.9 Å². The Balaban J connectivity index is 1.95. The molecule has 0 saturated carbocycles. The van der Waals surface area contributed by atoms with Gasteiger partial charge in [-0.25, -0.2) is 4.79 Å². The Morgan fingerprint density at radius 1 is 1.14 bits per heavy atom. The topological polar surface area (TPSA) is 88.0 Å². The van der Waals surface area contributed by atoms with E-state index in [0.717, 1.165) is 30.5 Å². The monoisotopic (exact) mass is 292 g/mol. The molecule has 1 aliphatic rings. The summed E-state index contributed by atoms with van der Waals surface area (Å²) in [6, 6.07) is 0.336. The third kappa shape index (κ3) is 2.35. The van der Waals surface area contributed by atoms with Gasteiger partial charge >= 0.3 is 5.69 Å². The van der Waals surface area contributed by atoms with Crippen LogP contribution in [0.2, 0.25) is 0 Å². The molecule has 8 nitrogen and oxygen atoms in total. The minimum absolute atomic E-state index is 0.336. The summed E-state index contributed by atoms with van der Waals surface area (Å²) in [5.74, 6) is 0.554. The van der Waals surface area contributed by atoms with Crippen molar-refractivity contribution in [1.82, 2.24) is 24.0 Å². The molecule has 21 heavy (non-hydrogen) atoms. The summed E-state index contributed by atoms with van der Waals surface area (Å²) in [6.07, 6.45) is 2.06. The lowest BCUT2D eigenvalue weighted by molar-refractivity contribution is 0.263. The molecule has 3 heterocycles. The molecule has 1 aliphatic heterocycles. The van der Waals surface area contributed by atoms with Gasteiger partial charge in [0.1, 0.15) is 0 Å². The summed E-state index contributed by atoms with van der Waals surface area (Å²) in [5, 5.41) is 3.33. The number of fused-ring (bicyclic) bond motifs is 1. The molecular weight excluding hydrogens is 272 g/mol. The number of aromatic amines is 1. The first-order valence-corrected chi connectivity index (χ1v) is 7.08. The highest BCUT2D eigenvalue weighted by Crippen LogP contribution is 2.15. The first kappa shape index (κ1) is 13.9. The van der Waals surface area contributed by atoms with Gasteiger partial charge in [-0.05, 0) is 33.0 Å². The molecule has 8 heteroatoms. The number of likely N-dealkylation sites (tertiary alicyclic amines) is 1. The van der Waals surface area contributed by atoms with E-state index in [0.29, 0.717) is 23.2 Å². The van der Waals surface area contributed by atoms with E-state index in [-0.39, 0.29) is 11.2 Å². The maximum atomic E-state index is 12.1. The lowest BCUT2D eigenvalue weighted by atomic mass is 10.1. The zero-order chi connectivity index (χ0) is 15.1. The van der Waals surface area contributed by atoms with Gasteiger partial charge in [0.05, 0.1) is 0 Å². The summed E-state index contributed by atoms with van der Waals surface area (Å²) in [7, 11) is 5.19. The second-order valence-corrected chi connectivity index (χ2v) is 5.71. The van der Waals surface area contributed by atoms with Crippen LogP contribution in [0.5, 0.6) is 0 Å². The van der Waals surface area contributed by atoms with Crippen molar-refractivity contribution in [1.29, 1.82) is 0 Å². The van der Waals surface area contributed by atoms with E-state index in [4.69, 9.17) is 0 Å². The quantitative estimate of drug-likeness (QED) is 0.776. The van der Waals surface area contributed by atoms with Gasteiger partial charge in [0.25, 0.3) is 5.56 Å². The van der Waals surface area contributed by atoms with Gasteiger partial charge < -0.3 is 15.2 Å². The number of imidazole rings is 1. The predicted octanol–water partition coefficient (Wildman–Crippen LogP) is -0.534. The molecule has 0 amide bonds. The number of rotatable bonds is 2. The molecule has 0 unspecified atom stereocenters. The number of hydrogen-bond acceptors (Lipinski definition) is 5. The van der Waals surface area contributed by atoms with E-state index >= 15 is 0 Å². The van der Waals surface area contributed by atoms with Crippen LogP contribution in [0.15, 0.2) is 9.59 Å². The molecule has 0 atom stereocenters. The Bertz CT molecular complexity index is 778. The minimum atomic E-state index is -0.371. The SMILES string of the molecule is CN1CCC(Nc2nc3c([nH]2)c(=O)n(C)c(=O)n3C)CC1. The van der Waals surface area contributed by atoms with Crippen LogP contribution in [0.1, 0.15) is 12.8 Å². The van der Waals surface area contributed by atoms with Gasteiger partial charge in [-0.1, -0.05) is 0 Å². The molecule has 1 fully saturated rings. The van der Waals surface area contributed by atoms with Crippen molar-refractivity contribution in [3.05, 3.63) is 20.8 Å². The zero-order valence-electron chi connectivity index (χ0n) is 12.5. The molecule has 0 spiro atoms. The van der Waals surface area contributed by atoms with Crippen LogP contribution in [0.25, 0.3) is 11.2 Å². The number of nitrogens with one attached hydrogen (secondary N) is 2. The standard InChI is InChI=1S/C13H20N6O2/c1-17-6-4-8(5-7-17)14-12-15-9-10(16-12)18(2)13(21)19(3)11(9)20/h8H,4-7H2,1-3H3,(H2,14,15,16). The Morgan fingerprint density at radius 2 is 1.81 bits per heavy atom. The minimum Gasteiger partial charge on any atom is -0.353 e. The van der Waals surface area contributed by atoms with Gasteiger partial charge in [0, 0.05) is 20.1 Å². The van der Waals surface area contributed by atoms with Crippen molar-refractivity contribution < 1.29 is 0 Å². The summed E-state index contributed by atoms with van der Waals surface area (Å²) < 4.78 is 2.47. The smallest absolute Gasteiger partial charge is 0.332 e. The van der Waals surface area contributed by atoms with Crippen LogP contribution >= 0.6 is 0 Å². The van der Waals surface area contributed by atoms with Crippen LogP contribution in [0.4, 0.5) is 5.95 Å². The molecule has 1 saturated heterocycles. The predicted molar refractivity (Wildman–Crippen MR) is 80.7 cm³/mol. The van der Waals surface area contributed by atoms with Crippen LogP contribution in [0.3, 0.4) is 0 Å². The fourth-order valence-electron chi connectivity index (χ4n) is 2.74. The van der Waals surface area contributed by atoms with Gasteiger partial charge in [-0.15, -0.1) is 0 Å². The van der Waals surface area contributed by atoms with Crippen molar-refractivity contribution in [3.63, 3.8) is 0 Å². The van der Waals surface area contributed by atoms with E-state index in [1.165, 1.54) is 11.6 Å². The maximum absolute atomic E-state index is 12.1. The summed E-state index contributed by atoms with van der Waals surface area (Å²) in [6.45, 7) is 2.08. The Kier molecular flexibility index (Phi) is 3.32. The maximum Gasteiger partial charge on any atom is 0.332 e. The van der Waals surface area contributed by atoms with Crippen LogP contribution in [-0.4, -0.2) is 50.2 Å². The second kappa shape index (κ2) is 5.03. The van der Waals surface area contributed by atoms with Crippen LogP contribution in [0, 0.1) is 0 Å². The molecule has 3 rings (SSSR count). The number of anilines is 1. The highest BCUT2D eigenvalue weighted by molar-refractivity contribution is 5.72. The Labute approximate surface area is 121 Å². The van der Waals surface area contributed by atoms with Gasteiger partial charge in [0.2, 0.25) is 5.95 Å². The average Bonchev–Trinajstić information content (AvgIpc) is 2.89. The normalized spacial score (nSPS) is 17.5. The van der Waals surface area contributed by atoms with Gasteiger partial charge in [-0.2, -0.15) is 4.98 Å². The fraction of sp³-hybridized carbons (Fsp3) is 0.615. The lowest BCUT2D eigenvalue weighted by Gasteiger charge is -2.29. The molecule has 2 aromatic heterocycles. The van der Waals surface area contributed by atoms with E-state index in [1.807, 2.05) is 0 Å².